The van der Waals surface area contributed by atoms with Crippen molar-refractivity contribution in [2.45, 2.75) is 34.2 Å². The summed E-state index contributed by atoms with van der Waals surface area (Å²) in [4.78, 5) is 25.5. The Kier molecular flexibility index (Phi) is 6.58. The Morgan fingerprint density at radius 3 is 2.21 bits per heavy atom. The predicted octanol–water partition coefficient (Wildman–Crippen LogP) is 4.58. The number of hydrogen-bond donors (Lipinski definition) is 2. The minimum Gasteiger partial charge on any atom is -0.317 e. The number of carbonyl (C=O) groups is 2. The molecule has 34 heavy (non-hydrogen) atoms. The van der Waals surface area contributed by atoms with Crippen LogP contribution in [0.1, 0.15) is 41.3 Å². The highest BCUT2D eigenvalue weighted by Gasteiger charge is 2.21. The van der Waals surface area contributed by atoms with E-state index >= 15 is 0 Å². The van der Waals surface area contributed by atoms with Crippen LogP contribution in [0.15, 0.2) is 66.7 Å². The number of amides is 2. The average Bonchev–Trinajstić information content (AvgIpc) is 3.36. The van der Waals surface area contributed by atoms with Gasteiger partial charge in [0.1, 0.15) is 5.82 Å². The number of rotatable bonds is 7. The molecule has 0 aliphatic rings. The van der Waals surface area contributed by atoms with Crippen LogP contribution >= 0.6 is 0 Å². The van der Waals surface area contributed by atoms with E-state index in [0.717, 1.165) is 22.6 Å². The van der Waals surface area contributed by atoms with Gasteiger partial charge in [0, 0.05) is 12.0 Å². The largest absolute Gasteiger partial charge is 0.317 e. The van der Waals surface area contributed by atoms with Crippen molar-refractivity contribution in [1.29, 1.82) is 0 Å². The first-order chi connectivity index (χ1) is 16.3. The van der Waals surface area contributed by atoms with Gasteiger partial charge in [0.2, 0.25) is 5.91 Å². The van der Waals surface area contributed by atoms with Crippen LogP contribution in [-0.2, 0) is 11.3 Å². The molecule has 2 aromatic carbocycles. The summed E-state index contributed by atoms with van der Waals surface area (Å²) >= 11 is 0. The molecule has 0 fully saturated rings. The number of nitrogens with zero attached hydrogens (tertiary/aromatic N) is 4. The SMILES string of the molecule is Cc1nn(Cc2ccccc2)c(C)c1NC(=O)c1cc(NC(=O)C(C)C)n(-c2ccccc2)n1. The summed E-state index contributed by atoms with van der Waals surface area (Å²) in [5, 5.41) is 14.9. The maximum absolute atomic E-state index is 13.2. The first kappa shape index (κ1) is 23.0. The topological polar surface area (TPSA) is 93.8 Å². The van der Waals surface area contributed by atoms with E-state index in [1.165, 1.54) is 0 Å². The van der Waals surface area contributed by atoms with Crippen LogP contribution in [0.4, 0.5) is 11.5 Å². The zero-order chi connectivity index (χ0) is 24.2. The van der Waals surface area contributed by atoms with E-state index in [4.69, 9.17) is 0 Å². The molecule has 0 saturated heterocycles. The Hall–Kier alpha value is -4.20. The lowest BCUT2D eigenvalue weighted by molar-refractivity contribution is -0.118. The third-order valence-electron chi connectivity index (χ3n) is 5.51. The molecule has 2 heterocycles. The van der Waals surface area contributed by atoms with Crippen molar-refractivity contribution in [2.75, 3.05) is 10.6 Å². The van der Waals surface area contributed by atoms with Crippen molar-refractivity contribution >= 4 is 23.3 Å². The molecule has 0 radical (unpaired) electrons. The Morgan fingerprint density at radius 2 is 1.56 bits per heavy atom. The van der Waals surface area contributed by atoms with Gasteiger partial charge in [0.25, 0.3) is 5.91 Å². The highest BCUT2D eigenvalue weighted by Crippen LogP contribution is 2.23. The Bertz CT molecular complexity index is 1310. The second-order valence-electron chi connectivity index (χ2n) is 8.45. The van der Waals surface area contributed by atoms with Gasteiger partial charge in [-0.05, 0) is 31.5 Å². The summed E-state index contributed by atoms with van der Waals surface area (Å²) in [5.41, 5.74) is 4.28. The van der Waals surface area contributed by atoms with E-state index in [-0.39, 0.29) is 23.4 Å². The van der Waals surface area contributed by atoms with Crippen molar-refractivity contribution in [2.24, 2.45) is 5.92 Å². The van der Waals surface area contributed by atoms with Gasteiger partial charge in [0.15, 0.2) is 5.69 Å². The Morgan fingerprint density at radius 1 is 0.912 bits per heavy atom. The number of carbonyl (C=O) groups excluding carboxylic acids is 2. The van der Waals surface area contributed by atoms with Gasteiger partial charge in [-0.15, -0.1) is 0 Å². The highest BCUT2D eigenvalue weighted by atomic mass is 16.2. The third kappa shape index (κ3) is 4.91. The lowest BCUT2D eigenvalue weighted by atomic mass is 10.2. The fourth-order valence-corrected chi connectivity index (χ4v) is 3.58. The van der Waals surface area contributed by atoms with Crippen LogP contribution in [0.25, 0.3) is 5.69 Å². The molecule has 4 rings (SSSR count). The van der Waals surface area contributed by atoms with Crippen molar-refractivity contribution in [1.82, 2.24) is 19.6 Å². The van der Waals surface area contributed by atoms with E-state index < -0.39 is 0 Å². The van der Waals surface area contributed by atoms with Gasteiger partial charge in [-0.1, -0.05) is 62.4 Å². The van der Waals surface area contributed by atoms with Crippen LogP contribution in [0.2, 0.25) is 0 Å². The average molecular weight is 457 g/mol. The zero-order valence-electron chi connectivity index (χ0n) is 19.7. The minimum absolute atomic E-state index is 0.155. The number of aromatic nitrogens is 4. The van der Waals surface area contributed by atoms with E-state index in [0.29, 0.717) is 18.1 Å². The number of nitrogens with one attached hydrogen (secondary N) is 2. The predicted molar refractivity (Wildman–Crippen MR) is 132 cm³/mol. The van der Waals surface area contributed by atoms with Crippen LogP contribution in [0.3, 0.4) is 0 Å². The van der Waals surface area contributed by atoms with Gasteiger partial charge in [-0.3, -0.25) is 14.3 Å². The van der Waals surface area contributed by atoms with Gasteiger partial charge in [-0.25, -0.2) is 4.68 Å². The van der Waals surface area contributed by atoms with Gasteiger partial charge >= 0.3 is 0 Å². The smallest absolute Gasteiger partial charge is 0.276 e. The van der Waals surface area contributed by atoms with Crippen LogP contribution in [0.5, 0.6) is 0 Å². The molecule has 2 aromatic heterocycles. The molecule has 2 amide bonds. The molecule has 0 aliphatic heterocycles. The minimum atomic E-state index is -0.375. The maximum Gasteiger partial charge on any atom is 0.276 e. The molecule has 0 bridgehead atoms. The summed E-state index contributed by atoms with van der Waals surface area (Å²) in [6.45, 7) is 8.02. The number of benzene rings is 2. The Labute approximate surface area is 198 Å². The lowest BCUT2D eigenvalue weighted by Crippen LogP contribution is -2.19. The quantitative estimate of drug-likeness (QED) is 0.426. The molecular weight excluding hydrogens is 428 g/mol. The first-order valence-corrected chi connectivity index (χ1v) is 11.2. The van der Waals surface area contributed by atoms with Crippen LogP contribution in [-0.4, -0.2) is 31.4 Å². The third-order valence-corrected chi connectivity index (χ3v) is 5.51. The molecule has 8 heteroatoms. The van der Waals surface area contributed by atoms with Crippen LogP contribution < -0.4 is 10.6 Å². The summed E-state index contributed by atoms with van der Waals surface area (Å²) in [6.07, 6.45) is 0. The molecule has 0 unspecified atom stereocenters. The van der Waals surface area contributed by atoms with Gasteiger partial charge < -0.3 is 10.6 Å². The van der Waals surface area contributed by atoms with Crippen LogP contribution in [0, 0.1) is 19.8 Å². The second kappa shape index (κ2) is 9.74. The van der Waals surface area contributed by atoms with E-state index in [9.17, 15) is 9.59 Å². The van der Waals surface area contributed by atoms with E-state index in [1.807, 2.05) is 93.0 Å². The fourth-order valence-electron chi connectivity index (χ4n) is 3.58. The molecule has 0 atom stereocenters. The van der Waals surface area contributed by atoms with E-state index in [2.05, 4.69) is 20.8 Å². The molecular formula is C26H28N6O2. The number of para-hydroxylation sites is 1. The summed E-state index contributed by atoms with van der Waals surface area (Å²) < 4.78 is 3.44. The van der Waals surface area contributed by atoms with Crippen molar-refractivity contribution < 1.29 is 9.59 Å². The summed E-state index contributed by atoms with van der Waals surface area (Å²) in [6, 6.07) is 21.0. The second-order valence-corrected chi connectivity index (χ2v) is 8.45. The van der Waals surface area contributed by atoms with E-state index in [1.54, 1.807) is 10.7 Å². The normalized spacial score (nSPS) is 11.0. The molecule has 174 valence electrons. The number of anilines is 2. The number of hydrogen-bond acceptors (Lipinski definition) is 4. The molecule has 4 aromatic rings. The van der Waals surface area contributed by atoms with Gasteiger partial charge in [0.05, 0.1) is 29.3 Å². The standard InChI is InChI=1S/C26H28N6O2/c1-17(2)25(33)27-23-15-22(30-32(23)21-13-9-6-10-14-21)26(34)28-24-18(3)29-31(19(24)4)16-20-11-7-5-8-12-20/h5-15,17H,16H2,1-4H3,(H,27,33)(H,28,34). The van der Waals surface area contributed by atoms with Crippen molar-refractivity contribution in [3.05, 3.63) is 89.4 Å². The monoisotopic (exact) mass is 456 g/mol. The Balaban J connectivity index is 1.61. The van der Waals surface area contributed by atoms with Crippen molar-refractivity contribution in [3.63, 3.8) is 0 Å². The summed E-state index contributed by atoms with van der Waals surface area (Å²) in [7, 11) is 0. The van der Waals surface area contributed by atoms with Crippen molar-refractivity contribution in [3.8, 4) is 5.69 Å². The zero-order valence-corrected chi connectivity index (χ0v) is 19.7. The first-order valence-electron chi connectivity index (χ1n) is 11.2. The molecule has 8 nitrogen and oxygen atoms in total. The highest BCUT2D eigenvalue weighted by molar-refractivity contribution is 6.04. The maximum atomic E-state index is 13.2. The molecule has 2 N–H and O–H groups in total. The number of aryl methyl sites for hydroxylation is 1. The lowest BCUT2D eigenvalue weighted by Gasteiger charge is -2.10. The fraction of sp³-hybridized carbons (Fsp3) is 0.231. The molecule has 0 saturated carbocycles. The summed E-state index contributed by atoms with van der Waals surface area (Å²) in [5.74, 6) is -0.307. The van der Waals surface area contributed by atoms with Gasteiger partial charge in [-0.2, -0.15) is 10.2 Å². The molecule has 0 aliphatic carbocycles. The molecule has 0 spiro atoms.